The van der Waals surface area contributed by atoms with Crippen molar-refractivity contribution in [2.45, 2.75) is 33.6 Å². The van der Waals surface area contributed by atoms with Gasteiger partial charge in [0.1, 0.15) is 19.0 Å². The molecule has 0 unspecified atom stereocenters. The molecule has 0 aliphatic carbocycles. The lowest BCUT2D eigenvalue weighted by Gasteiger charge is -2.23. The molecule has 0 aliphatic heterocycles. The highest BCUT2D eigenvalue weighted by Gasteiger charge is 2.18. The molecule has 0 aromatic carbocycles. The SMILES string of the molecule is CCCC(C)(C)COc1cc(-n2cncn2)ncn1. The van der Waals surface area contributed by atoms with E-state index in [9.17, 15) is 0 Å². The highest BCUT2D eigenvalue weighted by molar-refractivity contribution is 5.24. The predicted octanol–water partition coefficient (Wildman–Crippen LogP) is 2.26. The Bertz CT molecular complexity index is 510. The topological polar surface area (TPSA) is 65.7 Å². The van der Waals surface area contributed by atoms with Gasteiger partial charge in [0.25, 0.3) is 0 Å². The van der Waals surface area contributed by atoms with Crippen molar-refractivity contribution in [3.8, 4) is 11.7 Å². The van der Waals surface area contributed by atoms with Gasteiger partial charge in [-0.3, -0.25) is 0 Å². The summed E-state index contributed by atoms with van der Waals surface area (Å²) in [7, 11) is 0. The molecule has 6 nitrogen and oxygen atoms in total. The van der Waals surface area contributed by atoms with E-state index in [4.69, 9.17) is 4.74 Å². The molecule has 0 amide bonds. The fourth-order valence-corrected chi connectivity index (χ4v) is 1.88. The molecule has 0 fully saturated rings. The van der Waals surface area contributed by atoms with Gasteiger partial charge in [0.2, 0.25) is 5.88 Å². The molecule has 2 heterocycles. The Hall–Kier alpha value is -1.98. The normalized spacial score (nSPS) is 11.5. The van der Waals surface area contributed by atoms with Crippen molar-refractivity contribution < 1.29 is 4.74 Å². The van der Waals surface area contributed by atoms with Gasteiger partial charge in [0.05, 0.1) is 6.61 Å². The summed E-state index contributed by atoms with van der Waals surface area (Å²) in [5, 5.41) is 4.03. The molecular formula is C13H19N5O. The molecule has 2 aromatic heterocycles. The Morgan fingerprint density at radius 3 is 2.79 bits per heavy atom. The minimum absolute atomic E-state index is 0.146. The van der Waals surface area contributed by atoms with Gasteiger partial charge < -0.3 is 4.74 Å². The quantitative estimate of drug-likeness (QED) is 0.798. The first-order valence-electron chi connectivity index (χ1n) is 6.40. The number of rotatable bonds is 6. The summed E-state index contributed by atoms with van der Waals surface area (Å²) in [5.41, 5.74) is 0.146. The molecule has 0 bridgehead atoms. The number of aromatic nitrogens is 5. The third-order valence-electron chi connectivity index (χ3n) is 2.82. The zero-order valence-corrected chi connectivity index (χ0v) is 11.6. The Morgan fingerprint density at radius 2 is 2.11 bits per heavy atom. The van der Waals surface area contributed by atoms with E-state index in [1.54, 1.807) is 17.1 Å². The highest BCUT2D eigenvalue weighted by atomic mass is 16.5. The number of ether oxygens (including phenoxy) is 1. The van der Waals surface area contributed by atoms with Crippen molar-refractivity contribution in [3.05, 3.63) is 25.0 Å². The Labute approximate surface area is 112 Å². The lowest BCUT2D eigenvalue weighted by Crippen LogP contribution is -2.21. The average Bonchev–Trinajstić information content (AvgIpc) is 2.91. The van der Waals surface area contributed by atoms with E-state index in [1.807, 2.05) is 0 Å². The molecule has 19 heavy (non-hydrogen) atoms. The van der Waals surface area contributed by atoms with Crippen LogP contribution in [0, 0.1) is 5.41 Å². The van der Waals surface area contributed by atoms with E-state index in [1.165, 1.54) is 12.7 Å². The van der Waals surface area contributed by atoms with E-state index >= 15 is 0 Å². The third kappa shape index (κ3) is 3.74. The fourth-order valence-electron chi connectivity index (χ4n) is 1.88. The maximum absolute atomic E-state index is 5.75. The van der Waals surface area contributed by atoms with Gasteiger partial charge in [0.15, 0.2) is 5.82 Å². The minimum Gasteiger partial charge on any atom is -0.477 e. The zero-order valence-electron chi connectivity index (χ0n) is 11.6. The Balaban J connectivity index is 2.04. The summed E-state index contributed by atoms with van der Waals surface area (Å²) in [4.78, 5) is 12.1. The molecule has 0 spiro atoms. The maximum Gasteiger partial charge on any atom is 0.218 e. The highest BCUT2D eigenvalue weighted by Crippen LogP contribution is 2.23. The van der Waals surface area contributed by atoms with Gasteiger partial charge >= 0.3 is 0 Å². The second-order valence-electron chi connectivity index (χ2n) is 5.26. The van der Waals surface area contributed by atoms with Crippen molar-refractivity contribution in [3.63, 3.8) is 0 Å². The lowest BCUT2D eigenvalue weighted by molar-refractivity contribution is 0.163. The first-order chi connectivity index (χ1) is 9.11. The zero-order chi connectivity index (χ0) is 13.7. The molecule has 2 rings (SSSR count). The number of hydrogen-bond acceptors (Lipinski definition) is 5. The van der Waals surface area contributed by atoms with Crippen LogP contribution < -0.4 is 4.74 Å². The largest absolute Gasteiger partial charge is 0.477 e. The van der Waals surface area contributed by atoms with Crippen LogP contribution in [0.4, 0.5) is 0 Å². The van der Waals surface area contributed by atoms with Crippen molar-refractivity contribution in [2.75, 3.05) is 6.61 Å². The van der Waals surface area contributed by atoms with Crippen LogP contribution in [0.3, 0.4) is 0 Å². The summed E-state index contributed by atoms with van der Waals surface area (Å²) in [6, 6.07) is 1.76. The molecular weight excluding hydrogens is 242 g/mol. The lowest BCUT2D eigenvalue weighted by atomic mass is 9.89. The molecule has 0 saturated carbocycles. The standard InChI is InChI=1S/C13H19N5O/c1-4-5-13(2,3)7-19-12-6-11(15-9-16-12)18-10-14-8-17-18/h6,8-10H,4-5,7H2,1-3H3. The third-order valence-corrected chi connectivity index (χ3v) is 2.82. The smallest absolute Gasteiger partial charge is 0.218 e. The molecule has 102 valence electrons. The van der Waals surface area contributed by atoms with E-state index < -0.39 is 0 Å². The van der Waals surface area contributed by atoms with Gasteiger partial charge in [-0.05, 0) is 11.8 Å². The number of nitrogens with zero attached hydrogens (tertiary/aromatic N) is 5. The predicted molar refractivity (Wildman–Crippen MR) is 71.1 cm³/mol. The van der Waals surface area contributed by atoms with E-state index in [2.05, 4.69) is 40.8 Å². The van der Waals surface area contributed by atoms with Crippen LogP contribution >= 0.6 is 0 Å². The minimum atomic E-state index is 0.146. The fraction of sp³-hybridized carbons (Fsp3) is 0.538. The van der Waals surface area contributed by atoms with E-state index in [-0.39, 0.29) is 5.41 Å². The molecule has 6 heteroatoms. The molecule has 0 N–H and O–H groups in total. The van der Waals surface area contributed by atoms with Gasteiger partial charge in [-0.15, -0.1) is 0 Å². The van der Waals surface area contributed by atoms with Gasteiger partial charge in [0, 0.05) is 6.07 Å². The van der Waals surface area contributed by atoms with Gasteiger partial charge in [-0.1, -0.05) is 27.2 Å². The Kier molecular flexibility index (Phi) is 4.09. The van der Waals surface area contributed by atoms with Crippen molar-refractivity contribution in [1.29, 1.82) is 0 Å². The van der Waals surface area contributed by atoms with Crippen LogP contribution in [0.2, 0.25) is 0 Å². The Morgan fingerprint density at radius 1 is 1.26 bits per heavy atom. The van der Waals surface area contributed by atoms with Crippen LogP contribution in [0.1, 0.15) is 33.6 Å². The van der Waals surface area contributed by atoms with Crippen LogP contribution in [0.5, 0.6) is 5.88 Å². The summed E-state index contributed by atoms with van der Waals surface area (Å²) < 4.78 is 7.32. The first kappa shape index (κ1) is 13.5. The van der Waals surface area contributed by atoms with Crippen molar-refractivity contribution >= 4 is 0 Å². The summed E-state index contributed by atoms with van der Waals surface area (Å²) in [5.74, 6) is 1.21. The molecule has 2 aromatic rings. The van der Waals surface area contributed by atoms with Crippen molar-refractivity contribution in [2.24, 2.45) is 5.41 Å². The maximum atomic E-state index is 5.75. The monoisotopic (exact) mass is 261 g/mol. The van der Waals surface area contributed by atoms with Crippen LogP contribution in [-0.4, -0.2) is 31.3 Å². The van der Waals surface area contributed by atoms with E-state index in [0.29, 0.717) is 18.3 Å². The summed E-state index contributed by atoms with van der Waals surface area (Å²) in [6.07, 6.45) is 6.79. The molecule has 0 radical (unpaired) electrons. The van der Waals surface area contributed by atoms with Crippen molar-refractivity contribution in [1.82, 2.24) is 24.7 Å². The molecule has 0 saturated heterocycles. The second-order valence-corrected chi connectivity index (χ2v) is 5.26. The number of hydrogen-bond donors (Lipinski definition) is 0. The summed E-state index contributed by atoms with van der Waals surface area (Å²) >= 11 is 0. The van der Waals surface area contributed by atoms with E-state index in [0.717, 1.165) is 12.8 Å². The van der Waals surface area contributed by atoms with Crippen LogP contribution in [0.15, 0.2) is 25.0 Å². The average molecular weight is 261 g/mol. The van der Waals surface area contributed by atoms with Gasteiger partial charge in [-0.25, -0.2) is 19.6 Å². The molecule has 0 atom stereocenters. The van der Waals surface area contributed by atoms with Crippen LogP contribution in [0.25, 0.3) is 5.82 Å². The first-order valence-corrected chi connectivity index (χ1v) is 6.40. The summed E-state index contributed by atoms with van der Waals surface area (Å²) in [6.45, 7) is 7.19. The van der Waals surface area contributed by atoms with Gasteiger partial charge in [-0.2, -0.15) is 5.10 Å². The van der Waals surface area contributed by atoms with Crippen LogP contribution in [-0.2, 0) is 0 Å². The molecule has 0 aliphatic rings. The second kappa shape index (κ2) is 5.77.